The Hall–Kier alpha value is -2.36. The van der Waals surface area contributed by atoms with Gasteiger partial charge in [-0.3, -0.25) is 9.67 Å². The van der Waals surface area contributed by atoms with Gasteiger partial charge in [-0.2, -0.15) is 5.10 Å². The fraction of sp³-hybridized carbons (Fsp3) is 0.200. The molecule has 0 saturated carbocycles. The maximum absolute atomic E-state index is 4.45. The summed E-state index contributed by atoms with van der Waals surface area (Å²) in [6, 6.07) is 10.4. The molecule has 1 unspecified atom stereocenters. The smallest absolute Gasteiger partial charge is 0.0933 e. The minimum atomic E-state index is 0.196. The summed E-state index contributed by atoms with van der Waals surface area (Å²) in [5.74, 6) is 0. The van der Waals surface area contributed by atoms with Gasteiger partial charge in [-0.1, -0.05) is 18.2 Å². The molecule has 0 aliphatic rings. The summed E-state index contributed by atoms with van der Waals surface area (Å²) < 4.78 is 1.81. The molecule has 19 heavy (non-hydrogen) atoms. The van der Waals surface area contributed by atoms with Gasteiger partial charge in [0.1, 0.15) is 0 Å². The Balaban J connectivity index is 1.93. The Morgan fingerprint density at radius 1 is 1.21 bits per heavy atom. The van der Waals surface area contributed by atoms with Crippen molar-refractivity contribution in [2.45, 2.75) is 13.0 Å². The van der Waals surface area contributed by atoms with Crippen molar-refractivity contribution in [1.29, 1.82) is 0 Å². The van der Waals surface area contributed by atoms with Crippen molar-refractivity contribution in [3.8, 4) is 0 Å². The van der Waals surface area contributed by atoms with E-state index in [2.05, 4.69) is 40.5 Å². The number of pyridine rings is 1. The zero-order valence-corrected chi connectivity index (χ0v) is 11.0. The highest BCUT2D eigenvalue weighted by atomic mass is 15.2. The predicted molar refractivity (Wildman–Crippen MR) is 77.0 cm³/mol. The molecular formula is C15H16N4. The summed E-state index contributed by atoms with van der Waals surface area (Å²) in [7, 11) is 1.93. The van der Waals surface area contributed by atoms with E-state index >= 15 is 0 Å². The number of aryl methyl sites for hydroxylation is 1. The first-order chi connectivity index (χ1) is 9.24. The monoisotopic (exact) mass is 252 g/mol. The van der Waals surface area contributed by atoms with Crippen molar-refractivity contribution in [3.63, 3.8) is 0 Å². The zero-order chi connectivity index (χ0) is 13.2. The molecule has 0 bridgehead atoms. The van der Waals surface area contributed by atoms with Crippen LogP contribution in [0.2, 0.25) is 0 Å². The summed E-state index contributed by atoms with van der Waals surface area (Å²) in [5, 5.41) is 8.85. The molecule has 0 saturated heterocycles. The largest absolute Gasteiger partial charge is 0.377 e. The first-order valence-electron chi connectivity index (χ1n) is 6.33. The Morgan fingerprint density at radius 2 is 2.05 bits per heavy atom. The van der Waals surface area contributed by atoms with Gasteiger partial charge in [0.25, 0.3) is 0 Å². The van der Waals surface area contributed by atoms with Crippen LogP contribution in [0, 0.1) is 0 Å². The lowest BCUT2D eigenvalue weighted by atomic mass is 10.1. The third kappa shape index (κ3) is 2.29. The van der Waals surface area contributed by atoms with Gasteiger partial charge >= 0.3 is 0 Å². The molecule has 3 rings (SSSR count). The maximum Gasteiger partial charge on any atom is 0.0933 e. The normalized spacial score (nSPS) is 12.5. The van der Waals surface area contributed by atoms with Crippen molar-refractivity contribution in [1.82, 2.24) is 14.8 Å². The molecule has 0 radical (unpaired) electrons. The standard InChI is InChI=1S/C15H16N4/c1-11(13-9-17-19(2)10-13)18-14-7-3-5-12-6-4-8-16-15(12)14/h3-11,18H,1-2H3. The number of anilines is 1. The Labute approximate surface area is 112 Å². The Kier molecular flexibility index (Phi) is 2.91. The highest BCUT2D eigenvalue weighted by molar-refractivity contribution is 5.90. The van der Waals surface area contributed by atoms with Gasteiger partial charge in [0, 0.05) is 30.4 Å². The van der Waals surface area contributed by atoms with Crippen LogP contribution in [0.3, 0.4) is 0 Å². The van der Waals surface area contributed by atoms with E-state index in [4.69, 9.17) is 0 Å². The summed E-state index contributed by atoms with van der Waals surface area (Å²) in [5.41, 5.74) is 3.21. The Bertz CT molecular complexity index is 697. The number of aromatic nitrogens is 3. The summed E-state index contributed by atoms with van der Waals surface area (Å²) >= 11 is 0. The molecule has 3 aromatic rings. The van der Waals surface area contributed by atoms with Crippen LogP contribution in [0.25, 0.3) is 10.9 Å². The second kappa shape index (κ2) is 4.72. The molecule has 4 heteroatoms. The molecule has 2 heterocycles. The highest BCUT2D eigenvalue weighted by Crippen LogP contribution is 2.25. The van der Waals surface area contributed by atoms with Crippen LogP contribution in [0.15, 0.2) is 48.9 Å². The number of nitrogens with zero attached hydrogens (tertiary/aromatic N) is 3. The minimum Gasteiger partial charge on any atom is -0.377 e. The SMILES string of the molecule is CC(Nc1cccc2cccnc12)c1cnn(C)c1. The van der Waals surface area contributed by atoms with E-state index in [1.807, 2.05) is 42.5 Å². The Morgan fingerprint density at radius 3 is 2.84 bits per heavy atom. The molecule has 0 spiro atoms. The van der Waals surface area contributed by atoms with Crippen LogP contribution in [-0.4, -0.2) is 14.8 Å². The molecule has 0 aliphatic heterocycles. The van der Waals surface area contributed by atoms with Gasteiger partial charge in [0.2, 0.25) is 0 Å². The number of nitrogens with one attached hydrogen (secondary N) is 1. The van der Waals surface area contributed by atoms with Crippen molar-refractivity contribution in [3.05, 3.63) is 54.5 Å². The average molecular weight is 252 g/mol. The summed E-state index contributed by atoms with van der Waals surface area (Å²) in [6.45, 7) is 2.12. The van der Waals surface area contributed by atoms with Gasteiger partial charge in [0.15, 0.2) is 0 Å². The number of para-hydroxylation sites is 1. The summed E-state index contributed by atoms with van der Waals surface area (Å²) in [4.78, 5) is 4.45. The lowest BCUT2D eigenvalue weighted by Crippen LogP contribution is -2.06. The molecule has 1 aromatic carbocycles. The third-order valence-corrected chi connectivity index (χ3v) is 3.23. The topological polar surface area (TPSA) is 42.7 Å². The van der Waals surface area contributed by atoms with Gasteiger partial charge in [-0.25, -0.2) is 0 Å². The van der Waals surface area contributed by atoms with Crippen LogP contribution >= 0.6 is 0 Å². The lowest BCUT2D eigenvalue weighted by molar-refractivity contribution is 0.765. The third-order valence-electron chi connectivity index (χ3n) is 3.23. The van der Waals surface area contributed by atoms with E-state index in [-0.39, 0.29) is 6.04 Å². The van der Waals surface area contributed by atoms with E-state index in [0.717, 1.165) is 22.2 Å². The van der Waals surface area contributed by atoms with E-state index in [1.165, 1.54) is 0 Å². The fourth-order valence-electron chi connectivity index (χ4n) is 2.20. The fourth-order valence-corrected chi connectivity index (χ4v) is 2.20. The quantitative estimate of drug-likeness (QED) is 0.778. The second-order valence-electron chi connectivity index (χ2n) is 4.69. The number of benzene rings is 1. The molecular weight excluding hydrogens is 236 g/mol. The van der Waals surface area contributed by atoms with Gasteiger partial charge in [-0.15, -0.1) is 0 Å². The van der Waals surface area contributed by atoms with E-state index in [0.29, 0.717) is 0 Å². The average Bonchev–Trinajstić information content (AvgIpc) is 2.86. The minimum absolute atomic E-state index is 0.196. The zero-order valence-electron chi connectivity index (χ0n) is 11.0. The molecule has 4 nitrogen and oxygen atoms in total. The molecule has 1 N–H and O–H groups in total. The van der Waals surface area contributed by atoms with Crippen molar-refractivity contribution in [2.75, 3.05) is 5.32 Å². The number of rotatable bonds is 3. The van der Waals surface area contributed by atoms with Crippen molar-refractivity contribution < 1.29 is 0 Å². The molecule has 2 aromatic heterocycles. The predicted octanol–water partition coefficient (Wildman–Crippen LogP) is 3.14. The maximum atomic E-state index is 4.45. The van der Waals surface area contributed by atoms with Crippen LogP contribution < -0.4 is 5.32 Å². The van der Waals surface area contributed by atoms with E-state index < -0.39 is 0 Å². The van der Waals surface area contributed by atoms with Gasteiger partial charge in [0.05, 0.1) is 23.4 Å². The van der Waals surface area contributed by atoms with Crippen LogP contribution in [0.1, 0.15) is 18.5 Å². The number of hydrogen-bond donors (Lipinski definition) is 1. The van der Waals surface area contributed by atoms with Crippen LogP contribution in [0.4, 0.5) is 5.69 Å². The van der Waals surface area contributed by atoms with Crippen LogP contribution in [0.5, 0.6) is 0 Å². The van der Waals surface area contributed by atoms with Crippen molar-refractivity contribution in [2.24, 2.45) is 7.05 Å². The molecule has 0 fully saturated rings. The van der Waals surface area contributed by atoms with E-state index in [1.54, 1.807) is 0 Å². The first-order valence-corrected chi connectivity index (χ1v) is 6.33. The highest BCUT2D eigenvalue weighted by Gasteiger charge is 2.09. The first kappa shape index (κ1) is 11.7. The van der Waals surface area contributed by atoms with Crippen molar-refractivity contribution >= 4 is 16.6 Å². The molecule has 0 amide bonds. The van der Waals surface area contributed by atoms with Gasteiger partial charge in [-0.05, 0) is 19.1 Å². The summed E-state index contributed by atoms with van der Waals surface area (Å²) in [6.07, 6.45) is 5.73. The number of hydrogen-bond acceptors (Lipinski definition) is 3. The van der Waals surface area contributed by atoms with Gasteiger partial charge < -0.3 is 5.32 Å². The lowest BCUT2D eigenvalue weighted by Gasteiger charge is -2.15. The molecule has 96 valence electrons. The molecule has 1 atom stereocenters. The number of fused-ring (bicyclic) bond motifs is 1. The second-order valence-corrected chi connectivity index (χ2v) is 4.69. The molecule has 0 aliphatic carbocycles. The van der Waals surface area contributed by atoms with E-state index in [9.17, 15) is 0 Å². The van der Waals surface area contributed by atoms with Crippen LogP contribution in [-0.2, 0) is 7.05 Å².